The number of hydrogen-bond acceptors (Lipinski definition) is 3. The van der Waals surface area contributed by atoms with Crippen LogP contribution in [0.15, 0.2) is 42.5 Å². The maximum absolute atomic E-state index is 12.1. The summed E-state index contributed by atoms with van der Waals surface area (Å²) in [6.45, 7) is 6.56. The summed E-state index contributed by atoms with van der Waals surface area (Å²) in [5, 5.41) is 5.35. The lowest BCUT2D eigenvalue weighted by atomic mass is 10.1. The van der Waals surface area contributed by atoms with E-state index in [0.29, 0.717) is 18.7 Å². The summed E-state index contributed by atoms with van der Waals surface area (Å²) < 4.78 is 5.56. The van der Waals surface area contributed by atoms with Crippen molar-refractivity contribution in [2.24, 2.45) is 0 Å². The van der Waals surface area contributed by atoms with Gasteiger partial charge in [0.25, 0.3) is 5.91 Å². The molecule has 0 atom stereocenters. The van der Waals surface area contributed by atoms with Crippen molar-refractivity contribution < 1.29 is 14.3 Å². The molecule has 0 saturated heterocycles. The lowest BCUT2D eigenvalue weighted by Crippen LogP contribution is -2.38. The molecule has 2 aromatic carbocycles. The summed E-state index contributed by atoms with van der Waals surface area (Å²) in [6, 6.07) is 13.3. The number of hydrogen-bond donors (Lipinski definition) is 2. The molecular formula is C20H24N2O3. The number of rotatable bonds is 7. The van der Waals surface area contributed by atoms with E-state index in [1.807, 2.05) is 51.1 Å². The molecule has 2 aromatic rings. The van der Waals surface area contributed by atoms with Gasteiger partial charge in [0.05, 0.1) is 13.1 Å². The van der Waals surface area contributed by atoms with Gasteiger partial charge in [-0.05, 0) is 50.6 Å². The predicted molar refractivity (Wildman–Crippen MR) is 97.9 cm³/mol. The van der Waals surface area contributed by atoms with Crippen LogP contribution < -0.4 is 15.4 Å². The van der Waals surface area contributed by atoms with Crippen molar-refractivity contribution >= 4 is 11.8 Å². The molecule has 2 amide bonds. The number of nitrogens with one attached hydrogen (secondary N) is 2. The van der Waals surface area contributed by atoms with Gasteiger partial charge in [0.15, 0.2) is 0 Å². The Hall–Kier alpha value is -2.82. The molecule has 132 valence electrons. The first-order valence-corrected chi connectivity index (χ1v) is 8.27. The highest BCUT2D eigenvalue weighted by atomic mass is 16.5. The molecule has 0 aliphatic carbocycles. The predicted octanol–water partition coefficient (Wildman–Crippen LogP) is 2.54. The van der Waals surface area contributed by atoms with Crippen molar-refractivity contribution in [3.05, 3.63) is 64.7 Å². The fourth-order valence-electron chi connectivity index (χ4n) is 2.50. The monoisotopic (exact) mass is 340 g/mol. The van der Waals surface area contributed by atoms with Crippen LogP contribution in [0, 0.1) is 20.8 Å². The third-order valence-corrected chi connectivity index (χ3v) is 3.58. The highest BCUT2D eigenvalue weighted by Gasteiger charge is 2.08. The molecule has 0 bridgehead atoms. The van der Waals surface area contributed by atoms with E-state index in [2.05, 4.69) is 10.6 Å². The number of carbonyl (C=O) groups is 2. The van der Waals surface area contributed by atoms with Crippen LogP contribution in [0.3, 0.4) is 0 Å². The van der Waals surface area contributed by atoms with E-state index < -0.39 is 0 Å². The molecule has 0 heterocycles. The first-order chi connectivity index (χ1) is 11.9. The standard InChI is InChI=1S/C20H24N2O3/c1-14-5-4-6-18(12-14)25-8-7-21-19(23)13-22-20(24)17-10-15(2)9-16(3)11-17/h4-6,9-12H,7-8,13H2,1-3H3,(H,21,23)(H,22,24). The Morgan fingerprint density at radius 2 is 1.64 bits per heavy atom. The summed E-state index contributed by atoms with van der Waals surface area (Å²) in [6.07, 6.45) is 0. The molecule has 0 spiro atoms. The zero-order chi connectivity index (χ0) is 18.2. The SMILES string of the molecule is Cc1cccc(OCCNC(=O)CNC(=O)c2cc(C)cc(C)c2)c1. The fourth-order valence-corrected chi connectivity index (χ4v) is 2.50. The first kappa shape index (κ1) is 18.5. The Bertz CT molecular complexity index is 736. The van der Waals surface area contributed by atoms with Crippen LogP contribution >= 0.6 is 0 Å². The molecule has 0 radical (unpaired) electrons. The van der Waals surface area contributed by atoms with Crippen LogP contribution in [0.25, 0.3) is 0 Å². The molecule has 0 aliphatic rings. The Morgan fingerprint density at radius 3 is 2.32 bits per heavy atom. The average molecular weight is 340 g/mol. The minimum atomic E-state index is -0.252. The molecule has 5 nitrogen and oxygen atoms in total. The molecule has 25 heavy (non-hydrogen) atoms. The van der Waals surface area contributed by atoms with Crippen LogP contribution in [0.5, 0.6) is 5.75 Å². The van der Waals surface area contributed by atoms with Crippen LogP contribution in [-0.4, -0.2) is 31.5 Å². The van der Waals surface area contributed by atoms with Gasteiger partial charge in [-0.2, -0.15) is 0 Å². The molecule has 0 unspecified atom stereocenters. The summed E-state index contributed by atoms with van der Waals surface area (Å²) in [5.74, 6) is 0.279. The van der Waals surface area contributed by atoms with Crippen LogP contribution in [-0.2, 0) is 4.79 Å². The molecule has 0 aliphatic heterocycles. The van der Waals surface area contributed by atoms with Crippen molar-refractivity contribution in [3.8, 4) is 5.75 Å². The largest absolute Gasteiger partial charge is 0.492 e. The fraction of sp³-hybridized carbons (Fsp3) is 0.300. The zero-order valence-corrected chi connectivity index (χ0v) is 14.9. The normalized spacial score (nSPS) is 10.2. The highest BCUT2D eigenvalue weighted by Crippen LogP contribution is 2.11. The van der Waals surface area contributed by atoms with E-state index >= 15 is 0 Å². The number of amides is 2. The van der Waals surface area contributed by atoms with Gasteiger partial charge in [-0.1, -0.05) is 29.3 Å². The Labute approximate surface area is 148 Å². The topological polar surface area (TPSA) is 67.4 Å². The second-order valence-electron chi connectivity index (χ2n) is 6.07. The minimum absolute atomic E-state index is 0.0593. The highest BCUT2D eigenvalue weighted by molar-refractivity contribution is 5.96. The third-order valence-electron chi connectivity index (χ3n) is 3.58. The number of carbonyl (C=O) groups excluding carboxylic acids is 2. The summed E-state index contributed by atoms with van der Waals surface area (Å²) >= 11 is 0. The first-order valence-electron chi connectivity index (χ1n) is 8.27. The van der Waals surface area contributed by atoms with Crippen molar-refractivity contribution in [1.29, 1.82) is 0 Å². The van der Waals surface area contributed by atoms with Gasteiger partial charge in [0, 0.05) is 5.56 Å². The van der Waals surface area contributed by atoms with Gasteiger partial charge in [-0.25, -0.2) is 0 Å². The van der Waals surface area contributed by atoms with E-state index in [1.54, 1.807) is 12.1 Å². The van der Waals surface area contributed by atoms with Crippen molar-refractivity contribution in [1.82, 2.24) is 10.6 Å². The Morgan fingerprint density at radius 1 is 0.920 bits per heavy atom. The molecule has 0 fully saturated rings. The van der Waals surface area contributed by atoms with E-state index in [4.69, 9.17) is 4.74 Å². The van der Waals surface area contributed by atoms with E-state index in [1.165, 1.54) is 0 Å². The van der Waals surface area contributed by atoms with E-state index in [9.17, 15) is 9.59 Å². The smallest absolute Gasteiger partial charge is 0.251 e. The van der Waals surface area contributed by atoms with Gasteiger partial charge in [-0.3, -0.25) is 9.59 Å². The molecule has 5 heteroatoms. The van der Waals surface area contributed by atoms with Gasteiger partial charge in [0.1, 0.15) is 12.4 Å². The van der Waals surface area contributed by atoms with Crippen LogP contribution in [0.1, 0.15) is 27.0 Å². The van der Waals surface area contributed by atoms with Crippen molar-refractivity contribution in [2.45, 2.75) is 20.8 Å². The zero-order valence-electron chi connectivity index (χ0n) is 14.9. The number of ether oxygens (including phenoxy) is 1. The van der Waals surface area contributed by atoms with Crippen LogP contribution in [0.4, 0.5) is 0 Å². The quantitative estimate of drug-likeness (QED) is 0.761. The summed E-state index contributed by atoms with van der Waals surface area (Å²) in [4.78, 5) is 23.9. The molecule has 2 rings (SSSR count). The lowest BCUT2D eigenvalue weighted by molar-refractivity contribution is -0.120. The van der Waals surface area contributed by atoms with Crippen molar-refractivity contribution in [3.63, 3.8) is 0 Å². The average Bonchev–Trinajstić information content (AvgIpc) is 2.56. The van der Waals surface area contributed by atoms with Gasteiger partial charge in [-0.15, -0.1) is 0 Å². The molecular weight excluding hydrogens is 316 g/mol. The maximum atomic E-state index is 12.1. The molecule has 0 saturated carbocycles. The molecule has 0 aromatic heterocycles. The number of benzene rings is 2. The van der Waals surface area contributed by atoms with Gasteiger partial charge < -0.3 is 15.4 Å². The van der Waals surface area contributed by atoms with Crippen LogP contribution in [0.2, 0.25) is 0 Å². The maximum Gasteiger partial charge on any atom is 0.251 e. The Kier molecular flexibility index (Phi) is 6.57. The second-order valence-corrected chi connectivity index (χ2v) is 6.07. The summed E-state index contributed by atoms with van der Waals surface area (Å²) in [7, 11) is 0. The van der Waals surface area contributed by atoms with E-state index in [0.717, 1.165) is 22.4 Å². The third kappa shape index (κ3) is 6.30. The summed E-state index contributed by atoms with van der Waals surface area (Å²) in [5.41, 5.74) is 3.72. The van der Waals surface area contributed by atoms with Gasteiger partial charge >= 0.3 is 0 Å². The van der Waals surface area contributed by atoms with Crippen molar-refractivity contribution in [2.75, 3.05) is 19.7 Å². The Balaban J connectivity index is 1.69. The van der Waals surface area contributed by atoms with Gasteiger partial charge in [0.2, 0.25) is 5.91 Å². The number of aryl methyl sites for hydroxylation is 3. The molecule has 2 N–H and O–H groups in total. The minimum Gasteiger partial charge on any atom is -0.492 e. The second kappa shape index (κ2) is 8.87. The van der Waals surface area contributed by atoms with E-state index in [-0.39, 0.29) is 18.4 Å². The lowest BCUT2D eigenvalue weighted by Gasteiger charge is -2.09.